The minimum atomic E-state index is -0.209. The molecule has 1 fully saturated rings. The highest BCUT2D eigenvalue weighted by Gasteiger charge is 2.52. The standard InChI is InChI=1S/C14H21NO/c1-11-6-4-5-7-12(11)15-14(3,10-16)13(2)8-9-13/h4-7,15-16H,8-10H2,1-3H3. The molecule has 2 heteroatoms. The molecule has 0 saturated heterocycles. The van der Waals surface area contributed by atoms with Gasteiger partial charge in [0.1, 0.15) is 0 Å². The van der Waals surface area contributed by atoms with Gasteiger partial charge in [0, 0.05) is 5.69 Å². The molecule has 1 unspecified atom stereocenters. The first-order valence-electron chi connectivity index (χ1n) is 5.95. The molecule has 1 aliphatic rings. The van der Waals surface area contributed by atoms with Crippen molar-refractivity contribution in [1.82, 2.24) is 0 Å². The summed E-state index contributed by atoms with van der Waals surface area (Å²) in [5, 5.41) is 13.2. The molecule has 0 spiro atoms. The molecular weight excluding hydrogens is 198 g/mol. The monoisotopic (exact) mass is 219 g/mol. The molecular formula is C14H21NO. The van der Waals surface area contributed by atoms with E-state index in [1.54, 1.807) is 0 Å². The van der Waals surface area contributed by atoms with Crippen LogP contribution in [0.1, 0.15) is 32.3 Å². The number of benzene rings is 1. The van der Waals surface area contributed by atoms with Crippen LogP contribution in [0.4, 0.5) is 5.69 Å². The van der Waals surface area contributed by atoms with Gasteiger partial charge in [-0.1, -0.05) is 25.1 Å². The van der Waals surface area contributed by atoms with Crippen molar-refractivity contribution in [3.63, 3.8) is 0 Å². The predicted molar refractivity (Wildman–Crippen MR) is 67.6 cm³/mol. The summed E-state index contributed by atoms with van der Waals surface area (Å²) < 4.78 is 0. The van der Waals surface area contributed by atoms with Gasteiger partial charge in [0.05, 0.1) is 12.1 Å². The van der Waals surface area contributed by atoms with E-state index in [4.69, 9.17) is 0 Å². The third kappa shape index (κ3) is 1.82. The topological polar surface area (TPSA) is 32.3 Å². The van der Waals surface area contributed by atoms with Crippen molar-refractivity contribution in [2.24, 2.45) is 5.41 Å². The SMILES string of the molecule is Cc1ccccc1NC(C)(CO)C1(C)CC1. The molecule has 2 rings (SSSR count). The zero-order valence-corrected chi connectivity index (χ0v) is 10.4. The van der Waals surface area contributed by atoms with Gasteiger partial charge >= 0.3 is 0 Å². The van der Waals surface area contributed by atoms with Gasteiger partial charge in [-0.2, -0.15) is 0 Å². The van der Waals surface area contributed by atoms with E-state index in [2.05, 4.69) is 38.2 Å². The summed E-state index contributed by atoms with van der Waals surface area (Å²) in [6, 6.07) is 8.24. The maximum absolute atomic E-state index is 9.65. The van der Waals surface area contributed by atoms with Crippen molar-refractivity contribution in [3.05, 3.63) is 29.8 Å². The van der Waals surface area contributed by atoms with E-state index in [1.165, 1.54) is 18.4 Å². The first-order valence-corrected chi connectivity index (χ1v) is 5.95. The lowest BCUT2D eigenvalue weighted by Crippen LogP contribution is -2.46. The average Bonchev–Trinajstić information content (AvgIpc) is 3.01. The first kappa shape index (κ1) is 11.5. The minimum Gasteiger partial charge on any atom is -0.394 e. The normalized spacial score (nSPS) is 21.2. The summed E-state index contributed by atoms with van der Waals surface area (Å²) in [6.07, 6.45) is 2.39. The molecule has 0 aliphatic heterocycles. The van der Waals surface area contributed by atoms with Gasteiger partial charge in [0.25, 0.3) is 0 Å². The maximum atomic E-state index is 9.65. The van der Waals surface area contributed by atoms with E-state index in [-0.39, 0.29) is 17.6 Å². The van der Waals surface area contributed by atoms with Crippen LogP contribution in [0, 0.1) is 12.3 Å². The number of hydrogen-bond donors (Lipinski definition) is 2. The third-order valence-corrected chi connectivity index (χ3v) is 4.20. The Hall–Kier alpha value is -1.02. The Morgan fingerprint density at radius 1 is 1.38 bits per heavy atom. The third-order valence-electron chi connectivity index (χ3n) is 4.20. The highest BCUT2D eigenvalue weighted by Crippen LogP contribution is 2.54. The quantitative estimate of drug-likeness (QED) is 0.816. The van der Waals surface area contributed by atoms with Gasteiger partial charge in [0.15, 0.2) is 0 Å². The fraction of sp³-hybridized carbons (Fsp3) is 0.571. The molecule has 1 aromatic rings. The highest BCUT2D eigenvalue weighted by molar-refractivity contribution is 5.53. The van der Waals surface area contributed by atoms with Gasteiger partial charge in [-0.25, -0.2) is 0 Å². The zero-order valence-electron chi connectivity index (χ0n) is 10.4. The summed E-state index contributed by atoms with van der Waals surface area (Å²) >= 11 is 0. The smallest absolute Gasteiger partial charge is 0.0664 e. The molecule has 0 bridgehead atoms. The van der Waals surface area contributed by atoms with E-state index >= 15 is 0 Å². The molecule has 2 nitrogen and oxygen atoms in total. The van der Waals surface area contributed by atoms with Crippen molar-refractivity contribution < 1.29 is 5.11 Å². The van der Waals surface area contributed by atoms with Crippen molar-refractivity contribution in [3.8, 4) is 0 Å². The van der Waals surface area contributed by atoms with E-state index in [0.717, 1.165) is 5.69 Å². The molecule has 0 aromatic heterocycles. The van der Waals surface area contributed by atoms with Crippen LogP contribution < -0.4 is 5.32 Å². The van der Waals surface area contributed by atoms with Crippen LogP contribution in [0.3, 0.4) is 0 Å². The molecule has 2 N–H and O–H groups in total. The number of rotatable bonds is 4. The Morgan fingerprint density at radius 2 is 2.00 bits per heavy atom. The Labute approximate surface area is 97.7 Å². The Kier molecular flexibility index (Phi) is 2.70. The molecule has 0 radical (unpaired) electrons. The Balaban J connectivity index is 2.22. The van der Waals surface area contributed by atoms with Crippen LogP contribution in [0.25, 0.3) is 0 Å². The van der Waals surface area contributed by atoms with Crippen molar-refractivity contribution >= 4 is 5.69 Å². The van der Waals surface area contributed by atoms with Crippen LogP contribution in [-0.2, 0) is 0 Å². The Morgan fingerprint density at radius 3 is 2.50 bits per heavy atom. The van der Waals surface area contributed by atoms with Gasteiger partial charge in [-0.3, -0.25) is 0 Å². The van der Waals surface area contributed by atoms with Gasteiger partial charge in [0.2, 0.25) is 0 Å². The lowest BCUT2D eigenvalue weighted by atomic mass is 9.84. The number of nitrogens with one attached hydrogen (secondary N) is 1. The van der Waals surface area contributed by atoms with E-state index in [1.807, 2.05) is 12.1 Å². The van der Waals surface area contributed by atoms with Crippen molar-refractivity contribution in [2.45, 2.75) is 39.2 Å². The summed E-state index contributed by atoms with van der Waals surface area (Å²) in [7, 11) is 0. The van der Waals surface area contributed by atoms with Crippen LogP contribution in [0.2, 0.25) is 0 Å². The number of aliphatic hydroxyl groups is 1. The summed E-state index contributed by atoms with van der Waals surface area (Å²) in [4.78, 5) is 0. The minimum absolute atomic E-state index is 0.178. The van der Waals surface area contributed by atoms with Crippen LogP contribution >= 0.6 is 0 Å². The number of hydrogen-bond acceptors (Lipinski definition) is 2. The number of aliphatic hydroxyl groups excluding tert-OH is 1. The van der Waals surface area contributed by atoms with E-state index in [9.17, 15) is 5.11 Å². The molecule has 0 heterocycles. The lowest BCUT2D eigenvalue weighted by molar-refractivity contribution is 0.167. The van der Waals surface area contributed by atoms with Crippen molar-refractivity contribution in [1.29, 1.82) is 0 Å². The number of aryl methyl sites for hydroxylation is 1. The first-order chi connectivity index (χ1) is 7.51. The second-order valence-electron chi connectivity index (χ2n) is 5.49. The average molecular weight is 219 g/mol. The molecule has 1 aromatic carbocycles. The largest absolute Gasteiger partial charge is 0.394 e. The fourth-order valence-electron chi connectivity index (χ4n) is 2.13. The summed E-state index contributed by atoms with van der Waals surface area (Å²) in [5.74, 6) is 0. The Bertz CT molecular complexity index is 384. The fourth-order valence-corrected chi connectivity index (χ4v) is 2.13. The van der Waals surface area contributed by atoms with Crippen LogP contribution in [-0.4, -0.2) is 17.3 Å². The molecule has 1 aliphatic carbocycles. The summed E-state index contributed by atoms with van der Waals surface area (Å²) in [5.41, 5.74) is 2.39. The maximum Gasteiger partial charge on any atom is 0.0664 e. The highest BCUT2D eigenvalue weighted by atomic mass is 16.3. The molecule has 1 atom stereocenters. The number of para-hydroxylation sites is 1. The predicted octanol–water partition coefficient (Wildman–Crippen LogP) is 2.96. The van der Waals surface area contributed by atoms with Gasteiger partial charge in [-0.15, -0.1) is 0 Å². The second-order valence-corrected chi connectivity index (χ2v) is 5.49. The molecule has 88 valence electrons. The van der Waals surface area contributed by atoms with Crippen LogP contribution in [0.15, 0.2) is 24.3 Å². The van der Waals surface area contributed by atoms with Gasteiger partial charge < -0.3 is 10.4 Å². The lowest BCUT2D eigenvalue weighted by Gasteiger charge is -2.37. The molecule has 0 amide bonds. The zero-order chi connectivity index (χ0) is 11.8. The summed E-state index contributed by atoms with van der Waals surface area (Å²) in [6.45, 7) is 6.63. The van der Waals surface area contributed by atoms with Crippen LogP contribution in [0.5, 0.6) is 0 Å². The van der Waals surface area contributed by atoms with E-state index in [0.29, 0.717) is 0 Å². The van der Waals surface area contributed by atoms with Gasteiger partial charge in [-0.05, 0) is 43.7 Å². The van der Waals surface area contributed by atoms with Crippen molar-refractivity contribution in [2.75, 3.05) is 11.9 Å². The molecule has 16 heavy (non-hydrogen) atoms. The number of anilines is 1. The molecule has 1 saturated carbocycles. The second kappa shape index (κ2) is 3.77. The van der Waals surface area contributed by atoms with E-state index < -0.39 is 0 Å².